The predicted molar refractivity (Wildman–Crippen MR) is 82.1 cm³/mol. The first-order chi connectivity index (χ1) is 9.67. The number of likely N-dealkylation sites (tertiary alicyclic amines) is 1. The van der Waals surface area contributed by atoms with Gasteiger partial charge in [-0.1, -0.05) is 0 Å². The number of nitrogens with zero attached hydrogens (tertiary/aromatic N) is 1. The van der Waals surface area contributed by atoms with Crippen LogP contribution in [0.5, 0.6) is 0 Å². The highest BCUT2D eigenvalue weighted by atomic mass is 16.6. The van der Waals surface area contributed by atoms with Gasteiger partial charge in [-0.05, 0) is 41.0 Å². The Morgan fingerprint density at radius 1 is 1.33 bits per heavy atom. The fraction of sp³-hybridized carbons (Fsp3) is 0.867. The lowest BCUT2D eigenvalue weighted by atomic mass is 10.2. The summed E-state index contributed by atoms with van der Waals surface area (Å²) in [6.07, 6.45) is 1.09. The average Bonchev–Trinajstić information content (AvgIpc) is 2.74. The molecule has 21 heavy (non-hydrogen) atoms. The largest absolute Gasteiger partial charge is 0.444 e. The van der Waals surface area contributed by atoms with Gasteiger partial charge in [-0.3, -0.25) is 4.79 Å². The molecule has 2 N–H and O–H groups in total. The third kappa shape index (κ3) is 7.32. The van der Waals surface area contributed by atoms with Gasteiger partial charge in [0.1, 0.15) is 5.60 Å². The van der Waals surface area contributed by atoms with Gasteiger partial charge in [-0.2, -0.15) is 0 Å². The Balaban J connectivity index is 2.23. The average molecular weight is 299 g/mol. The maximum atomic E-state index is 11.9. The van der Waals surface area contributed by atoms with E-state index in [2.05, 4.69) is 10.6 Å². The van der Waals surface area contributed by atoms with Crippen molar-refractivity contribution in [1.29, 1.82) is 0 Å². The van der Waals surface area contributed by atoms with Gasteiger partial charge in [-0.15, -0.1) is 0 Å². The van der Waals surface area contributed by atoms with Crippen LogP contribution in [0.25, 0.3) is 0 Å². The third-order valence-electron chi connectivity index (χ3n) is 3.07. The fourth-order valence-corrected chi connectivity index (χ4v) is 2.20. The maximum Gasteiger partial charge on any atom is 0.410 e. The second kappa shape index (κ2) is 7.64. The fourth-order valence-electron chi connectivity index (χ4n) is 2.20. The molecule has 1 aliphatic rings. The normalized spacial score (nSPS) is 19.0. The first kappa shape index (κ1) is 17.8. The molecule has 6 nitrogen and oxygen atoms in total. The highest BCUT2D eigenvalue weighted by molar-refractivity contribution is 5.76. The Labute approximate surface area is 127 Å². The number of nitrogens with one attached hydrogen (secondary N) is 2. The molecule has 1 heterocycles. The zero-order valence-electron chi connectivity index (χ0n) is 13.9. The molecule has 1 aliphatic heterocycles. The Bertz CT molecular complexity index is 364. The van der Waals surface area contributed by atoms with Crippen LogP contribution in [0, 0.1) is 0 Å². The van der Waals surface area contributed by atoms with Gasteiger partial charge in [0.25, 0.3) is 0 Å². The minimum absolute atomic E-state index is 0.0551. The lowest BCUT2D eigenvalue weighted by Gasteiger charge is -2.24. The van der Waals surface area contributed by atoms with E-state index in [1.807, 2.05) is 34.6 Å². The molecule has 2 amide bonds. The van der Waals surface area contributed by atoms with Crippen LogP contribution >= 0.6 is 0 Å². The van der Waals surface area contributed by atoms with Crippen molar-refractivity contribution in [2.45, 2.75) is 65.1 Å². The molecule has 0 aliphatic carbocycles. The molecule has 1 atom stereocenters. The summed E-state index contributed by atoms with van der Waals surface area (Å²) in [6, 6.07) is 0.413. The molecule has 1 fully saturated rings. The summed E-state index contributed by atoms with van der Waals surface area (Å²) >= 11 is 0. The molecule has 0 spiro atoms. The van der Waals surface area contributed by atoms with Gasteiger partial charge in [0.15, 0.2) is 0 Å². The van der Waals surface area contributed by atoms with Gasteiger partial charge in [0, 0.05) is 38.1 Å². The quantitative estimate of drug-likeness (QED) is 0.807. The van der Waals surface area contributed by atoms with Crippen molar-refractivity contribution in [2.24, 2.45) is 0 Å². The van der Waals surface area contributed by atoms with E-state index in [0.717, 1.165) is 6.42 Å². The second-order valence-corrected chi connectivity index (χ2v) is 6.84. The van der Waals surface area contributed by atoms with E-state index < -0.39 is 5.60 Å². The van der Waals surface area contributed by atoms with Gasteiger partial charge in [-0.25, -0.2) is 4.79 Å². The molecule has 0 saturated carbocycles. The summed E-state index contributed by atoms with van der Waals surface area (Å²) < 4.78 is 5.35. The van der Waals surface area contributed by atoms with Crippen molar-refractivity contribution < 1.29 is 14.3 Å². The van der Waals surface area contributed by atoms with E-state index in [-0.39, 0.29) is 24.1 Å². The molecule has 1 rings (SSSR count). The van der Waals surface area contributed by atoms with E-state index in [1.165, 1.54) is 0 Å². The topological polar surface area (TPSA) is 70.7 Å². The summed E-state index contributed by atoms with van der Waals surface area (Å²) in [4.78, 5) is 25.2. The van der Waals surface area contributed by atoms with Crippen LogP contribution in [-0.2, 0) is 9.53 Å². The second-order valence-electron chi connectivity index (χ2n) is 6.84. The van der Waals surface area contributed by atoms with E-state index in [0.29, 0.717) is 26.1 Å². The Kier molecular flexibility index (Phi) is 6.45. The summed E-state index contributed by atoms with van der Waals surface area (Å²) in [7, 11) is 0. The molecule has 122 valence electrons. The monoisotopic (exact) mass is 299 g/mol. The molecule has 6 heteroatoms. The Morgan fingerprint density at radius 2 is 2.00 bits per heavy atom. The summed E-state index contributed by atoms with van der Waals surface area (Å²) in [5.41, 5.74) is -0.461. The molecule has 0 aromatic rings. The molecular formula is C15H29N3O3. The van der Waals surface area contributed by atoms with Crippen molar-refractivity contribution in [3.8, 4) is 0 Å². The van der Waals surface area contributed by atoms with E-state index in [1.54, 1.807) is 4.90 Å². The Morgan fingerprint density at radius 3 is 2.57 bits per heavy atom. The zero-order chi connectivity index (χ0) is 16.0. The maximum absolute atomic E-state index is 11.9. The van der Waals surface area contributed by atoms with Crippen LogP contribution in [0.4, 0.5) is 4.79 Å². The highest BCUT2D eigenvalue weighted by Crippen LogP contribution is 2.15. The number of hydrogen-bond donors (Lipinski definition) is 2. The number of carbonyl (C=O) groups is 2. The molecule has 1 saturated heterocycles. The van der Waals surface area contributed by atoms with Crippen molar-refractivity contribution >= 4 is 12.0 Å². The number of rotatable bonds is 5. The third-order valence-corrected chi connectivity index (χ3v) is 3.07. The molecule has 0 aromatic heterocycles. The SMILES string of the molecule is CC(C)NC(=O)CCNC1CCN(C(=O)OC(C)(C)C)C1. The van der Waals surface area contributed by atoms with E-state index >= 15 is 0 Å². The van der Waals surface area contributed by atoms with Crippen LogP contribution in [-0.4, -0.2) is 54.2 Å². The number of ether oxygens (including phenoxy) is 1. The molecule has 0 bridgehead atoms. The van der Waals surface area contributed by atoms with Crippen LogP contribution in [0.15, 0.2) is 0 Å². The molecular weight excluding hydrogens is 270 g/mol. The summed E-state index contributed by atoms with van der Waals surface area (Å²) in [6.45, 7) is 11.5. The highest BCUT2D eigenvalue weighted by Gasteiger charge is 2.29. The summed E-state index contributed by atoms with van der Waals surface area (Å²) in [5, 5.41) is 6.18. The number of amides is 2. The van der Waals surface area contributed by atoms with Gasteiger partial charge in [0.05, 0.1) is 0 Å². The zero-order valence-corrected chi connectivity index (χ0v) is 13.9. The number of hydrogen-bond acceptors (Lipinski definition) is 4. The van der Waals surface area contributed by atoms with Crippen LogP contribution in [0.3, 0.4) is 0 Å². The molecule has 0 radical (unpaired) electrons. The first-order valence-electron chi connectivity index (χ1n) is 7.68. The van der Waals surface area contributed by atoms with Gasteiger partial charge >= 0.3 is 6.09 Å². The van der Waals surface area contributed by atoms with E-state index in [4.69, 9.17) is 4.74 Å². The standard InChI is InChI=1S/C15H29N3O3/c1-11(2)17-13(19)6-8-16-12-7-9-18(10-12)14(20)21-15(3,4)5/h11-12,16H,6-10H2,1-5H3,(H,17,19). The van der Waals surface area contributed by atoms with Crippen LogP contribution in [0.1, 0.15) is 47.5 Å². The first-order valence-corrected chi connectivity index (χ1v) is 7.68. The van der Waals surface area contributed by atoms with Crippen molar-refractivity contribution in [1.82, 2.24) is 15.5 Å². The van der Waals surface area contributed by atoms with Crippen molar-refractivity contribution in [3.05, 3.63) is 0 Å². The smallest absolute Gasteiger partial charge is 0.410 e. The lowest BCUT2D eigenvalue weighted by Crippen LogP contribution is -2.39. The Hall–Kier alpha value is -1.30. The minimum Gasteiger partial charge on any atom is -0.444 e. The van der Waals surface area contributed by atoms with E-state index in [9.17, 15) is 9.59 Å². The van der Waals surface area contributed by atoms with Gasteiger partial charge < -0.3 is 20.3 Å². The lowest BCUT2D eigenvalue weighted by molar-refractivity contribution is -0.121. The minimum atomic E-state index is -0.461. The van der Waals surface area contributed by atoms with Gasteiger partial charge in [0.2, 0.25) is 5.91 Å². The summed E-state index contributed by atoms with van der Waals surface area (Å²) in [5.74, 6) is 0.0551. The molecule has 0 aromatic carbocycles. The van der Waals surface area contributed by atoms with Crippen LogP contribution in [0.2, 0.25) is 0 Å². The van der Waals surface area contributed by atoms with Crippen LogP contribution < -0.4 is 10.6 Å². The number of carbonyl (C=O) groups excluding carboxylic acids is 2. The van der Waals surface area contributed by atoms with Crippen molar-refractivity contribution in [2.75, 3.05) is 19.6 Å². The molecule has 1 unspecified atom stereocenters. The predicted octanol–water partition coefficient (Wildman–Crippen LogP) is 1.50. The van der Waals surface area contributed by atoms with Crippen molar-refractivity contribution in [3.63, 3.8) is 0 Å².